The van der Waals surface area contributed by atoms with Gasteiger partial charge in [-0.25, -0.2) is 4.98 Å². The maximum Gasteiger partial charge on any atom is 0.140 e. The van der Waals surface area contributed by atoms with Crippen molar-refractivity contribution in [3.05, 3.63) is 45.4 Å². The van der Waals surface area contributed by atoms with Gasteiger partial charge < -0.3 is 14.6 Å². The molecule has 102 valence electrons. The molecule has 0 aliphatic rings. The van der Waals surface area contributed by atoms with Crippen LogP contribution in [-0.4, -0.2) is 17.2 Å². The van der Waals surface area contributed by atoms with Gasteiger partial charge in [-0.1, -0.05) is 17.7 Å². The van der Waals surface area contributed by atoms with E-state index in [2.05, 4.69) is 4.98 Å². The van der Waals surface area contributed by atoms with Crippen LogP contribution < -0.4 is 4.74 Å². The fourth-order valence-corrected chi connectivity index (χ4v) is 2.50. The van der Waals surface area contributed by atoms with Crippen LogP contribution in [0, 0.1) is 6.92 Å². The molecule has 5 heteroatoms. The SMILES string of the molecule is COCc1nc(COc2ccc(C)cc2)sc1CO. The molecule has 0 aliphatic carbocycles. The number of ether oxygens (including phenoxy) is 2. The first-order valence-corrected chi connectivity index (χ1v) is 6.81. The molecule has 1 aromatic carbocycles. The van der Waals surface area contributed by atoms with Gasteiger partial charge in [0.25, 0.3) is 0 Å². The Kier molecular flexibility index (Phi) is 4.90. The van der Waals surface area contributed by atoms with Gasteiger partial charge >= 0.3 is 0 Å². The summed E-state index contributed by atoms with van der Waals surface area (Å²) in [4.78, 5) is 5.25. The number of methoxy groups -OCH3 is 1. The molecule has 1 N–H and O–H groups in total. The predicted octanol–water partition coefficient (Wildman–Crippen LogP) is 2.67. The highest BCUT2D eigenvalue weighted by Gasteiger charge is 2.10. The molecule has 1 aromatic heterocycles. The first kappa shape index (κ1) is 14.0. The van der Waals surface area contributed by atoms with Crippen molar-refractivity contribution < 1.29 is 14.6 Å². The largest absolute Gasteiger partial charge is 0.486 e. The molecular weight excluding hydrogens is 262 g/mol. The summed E-state index contributed by atoms with van der Waals surface area (Å²) in [7, 11) is 1.61. The zero-order valence-electron chi connectivity index (χ0n) is 11.0. The van der Waals surface area contributed by atoms with E-state index in [1.165, 1.54) is 16.9 Å². The van der Waals surface area contributed by atoms with Crippen LogP contribution in [0.2, 0.25) is 0 Å². The monoisotopic (exact) mass is 279 g/mol. The van der Waals surface area contributed by atoms with E-state index in [0.29, 0.717) is 13.2 Å². The summed E-state index contributed by atoms with van der Waals surface area (Å²) < 4.78 is 10.7. The van der Waals surface area contributed by atoms with Crippen molar-refractivity contribution in [1.29, 1.82) is 0 Å². The van der Waals surface area contributed by atoms with Gasteiger partial charge in [-0.2, -0.15) is 0 Å². The van der Waals surface area contributed by atoms with E-state index in [4.69, 9.17) is 9.47 Å². The van der Waals surface area contributed by atoms with Gasteiger partial charge in [-0.15, -0.1) is 11.3 Å². The lowest BCUT2D eigenvalue weighted by Gasteiger charge is -2.03. The Hall–Kier alpha value is -1.43. The zero-order chi connectivity index (χ0) is 13.7. The van der Waals surface area contributed by atoms with Gasteiger partial charge in [0.15, 0.2) is 0 Å². The highest BCUT2D eigenvalue weighted by molar-refractivity contribution is 7.11. The first-order valence-electron chi connectivity index (χ1n) is 5.99. The number of aliphatic hydroxyl groups is 1. The number of rotatable bonds is 6. The standard InChI is InChI=1S/C14H17NO3S/c1-10-3-5-11(6-4-10)18-9-14-15-12(8-17-2)13(7-16)19-14/h3-6,16H,7-9H2,1-2H3. The highest BCUT2D eigenvalue weighted by atomic mass is 32.1. The summed E-state index contributed by atoms with van der Waals surface area (Å²) in [5, 5.41) is 10.1. The molecule has 0 bridgehead atoms. The third-order valence-corrected chi connectivity index (χ3v) is 3.69. The minimum Gasteiger partial charge on any atom is -0.486 e. The van der Waals surface area contributed by atoms with Crippen molar-refractivity contribution in [2.24, 2.45) is 0 Å². The maximum atomic E-state index is 9.25. The van der Waals surface area contributed by atoms with Crippen LogP contribution in [-0.2, 0) is 24.6 Å². The Balaban J connectivity index is 2.01. The third-order valence-electron chi connectivity index (χ3n) is 2.63. The van der Waals surface area contributed by atoms with E-state index in [1.54, 1.807) is 7.11 Å². The molecule has 4 nitrogen and oxygen atoms in total. The summed E-state index contributed by atoms with van der Waals surface area (Å²) >= 11 is 1.46. The van der Waals surface area contributed by atoms with E-state index in [1.807, 2.05) is 31.2 Å². The Morgan fingerprint density at radius 1 is 1.21 bits per heavy atom. The number of aryl methyl sites for hydroxylation is 1. The minimum absolute atomic E-state index is 0.0130. The van der Waals surface area contributed by atoms with Crippen molar-refractivity contribution in [1.82, 2.24) is 4.98 Å². The average Bonchev–Trinajstić information content (AvgIpc) is 2.81. The van der Waals surface area contributed by atoms with Crippen LogP contribution in [0.1, 0.15) is 21.1 Å². The van der Waals surface area contributed by atoms with Crippen LogP contribution in [0.15, 0.2) is 24.3 Å². The van der Waals surface area contributed by atoms with Gasteiger partial charge in [0.1, 0.15) is 17.4 Å². The lowest BCUT2D eigenvalue weighted by Crippen LogP contribution is -1.96. The van der Waals surface area contributed by atoms with E-state index in [9.17, 15) is 5.11 Å². The minimum atomic E-state index is -0.0130. The lowest BCUT2D eigenvalue weighted by molar-refractivity contribution is 0.178. The number of aliphatic hydroxyl groups excluding tert-OH is 1. The van der Waals surface area contributed by atoms with Crippen molar-refractivity contribution in [3.8, 4) is 5.75 Å². The molecule has 2 rings (SSSR count). The summed E-state index contributed by atoms with van der Waals surface area (Å²) in [5.41, 5.74) is 1.99. The molecule has 0 atom stereocenters. The number of aromatic nitrogens is 1. The van der Waals surface area contributed by atoms with E-state index >= 15 is 0 Å². The Morgan fingerprint density at radius 2 is 1.95 bits per heavy atom. The third kappa shape index (κ3) is 3.76. The van der Waals surface area contributed by atoms with Crippen LogP contribution in [0.4, 0.5) is 0 Å². The summed E-state index contributed by atoms with van der Waals surface area (Å²) in [6.07, 6.45) is 0. The Bertz CT molecular complexity index is 522. The molecule has 0 saturated heterocycles. The summed E-state index contributed by atoms with van der Waals surface area (Å²) in [6, 6.07) is 7.89. The number of benzene rings is 1. The number of nitrogens with zero attached hydrogens (tertiary/aromatic N) is 1. The Morgan fingerprint density at radius 3 is 2.58 bits per heavy atom. The topological polar surface area (TPSA) is 51.6 Å². The second kappa shape index (κ2) is 6.65. The Labute approximate surface area is 116 Å². The van der Waals surface area contributed by atoms with Crippen LogP contribution in [0.5, 0.6) is 5.75 Å². The van der Waals surface area contributed by atoms with Crippen molar-refractivity contribution >= 4 is 11.3 Å². The number of hydrogen-bond acceptors (Lipinski definition) is 5. The second-order valence-electron chi connectivity index (χ2n) is 4.17. The predicted molar refractivity (Wildman–Crippen MR) is 74.3 cm³/mol. The van der Waals surface area contributed by atoms with Gasteiger partial charge in [-0.05, 0) is 19.1 Å². The molecule has 0 saturated carbocycles. The molecule has 0 amide bonds. The summed E-state index contributed by atoms with van der Waals surface area (Å²) in [5.74, 6) is 0.819. The molecule has 2 aromatic rings. The molecule has 0 fully saturated rings. The van der Waals surface area contributed by atoms with Crippen LogP contribution in [0.25, 0.3) is 0 Å². The molecule has 1 heterocycles. The van der Waals surface area contributed by atoms with E-state index in [-0.39, 0.29) is 6.61 Å². The van der Waals surface area contributed by atoms with E-state index in [0.717, 1.165) is 21.3 Å². The normalized spacial score (nSPS) is 10.7. The quantitative estimate of drug-likeness (QED) is 0.883. The fraction of sp³-hybridized carbons (Fsp3) is 0.357. The second-order valence-corrected chi connectivity index (χ2v) is 5.34. The molecule has 0 spiro atoms. The highest BCUT2D eigenvalue weighted by Crippen LogP contribution is 2.21. The molecular formula is C14H17NO3S. The molecule has 0 unspecified atom stereocenters. The fourth-order valence-electron chi connectivity index (χ4n) is 1.65. The van der Waals surface area contributed by atoms with Crippen molar-refractivity contribution in [2.75, 3.05) is 7.11 Å². The molecule has 19 heavy (non-hydrogen) atoms. The molecule has 0 aliphatic heterocycles. The number of hydrogen-bond donors (Lipinski definition) is 1. The first-order chi connectivity index (χ1) is 9.22. The molecule has 0 radical (unpaired) electrons. The maximum absolute atomic E-state index is 9.25. The summed E-state index contributed by atoms with van der Waals surface area (Å²) in [6.45, 7) is 2.84. The average molecular weight is 279 g/mol. The van der Waals surface area contributed by atoms with Crippen LogP contribution >= 0.6 is 11.3 Å². The van der Waals surface area contributed by atoms with Gasteiger partial charge in [-0.3, -0.25) is 0 Å². The van der Waals surface area contributed by atoms with Crippen molar-refractivity contribution in [2.45, 2.75) is 26.7 Å². The van der Waals surface area contributed by atoms with Gasteiger partial charge in [0.05, 0.1) is 23.8 Å². The van der Waals surface area contributed by atoms with E-state index < -0.39 is 0 Å². The zero-order valence-corrected chi connectivity index (χ0v) is 11.9. The van der Waals surface area contributed by atoms with Gasteiger partial charge in [0.2, 0.25) is 0 Å². The van der Waals surface area contributed by atoms with Crippen molar-refractivity contribution in [3.63, 3.8) is 0 Å². The number of thiazole rings is 1. The van der Waals surface area contributed by atoms with Crippen LogP contribution in [0.3, 0.4) is 0 Å². The smallest absolute Gasteiger partial charge is 0.140 e. The van der Waals surface area contributed by atoms with Gasteiger partial charge in [0, 0.05) is 7.11 Å². The lowest BCUT2D eigenvalue weighted by atomic mass is 10.2.